The van der Waals surface area contributed by atoms with Crippen molar-refractivity contribution >= 4 is 5.91 Å². The topological polar surface area (TPSA) is 64.0 Å². The van der Waals surface area contributed by atoms with E-state index in [-0.39, 0.29) is 24.5 Å². The number of amides is 1. The van der Waals surface area contributed by atoms with Crippen LogP contribution in [0.1, 0.15) is 27.7 Å². The van der Waals surface area contributed by atoms with Crippen LogP contribution in [0, 0.1) is 0 Å². The summed E-state index contributed by atoms with van der Waals surface area (Å²) < 4.78 is 0. The molecule has 5 nitrogen and oxygen atoms in total. The van der Waals surface area contributed by atoms with Gasteiger partial charge in [-0.3, -0.25) is 9.69 Å². The summed E-state index contributed by atoms with van der Waals surface area (Å²) in [6, 6.07) is 0.333. The maximum absolute atomic E-state index is 12.1. The Balaban J connectivity index is 2.54. The molecule has 2 atom stereocenters. The van der Waals surface area contributed by atoms with Crippen LogP contribution in [-0.4, -0.2) is 69.8 Å². The predicted molar refractivity (Wildman–Crippen MR) is 65.6 cm³/mol. The molecule has 0 bridgehead atoms. The van der Waals surface area contributed by atoms with Crippen LogP contribution < -0.4 is 0 Å². The lowest BCUT2D eigenvalue weighted by Gasteiger charge is -2.32. The van der Waals surface area contributed by atoms with Gasteiger partial charge < -0.3 is 15.1 Å². The summed E-state index contributed by atoms with van der Waals surface area (Å²) in [6.07, 6.45) is -1.45. The Morgan fingerprint density at radius 1 is 1.18 bits per heavy atom. The fourth-order valence-corrected chi connectivity index (χ4v) is 2.42. The molecule has 0 radical (unpaired) electrons. The summed E-state index contributed by atoms with van der Waals surface area (Å²) in [4.78, 5) is 15.7. The van der Waals surface area contributed by atoms with Gasteiger partial charge in [0.05, 0.1) is 18.8 Å². The minimum Gasteiger partial charge on any atom is -0.389 e. The molecule has 5 heteroatoms. The number of likely N-dealkylation sites (tertiary alicyclic amines) is 1. The fourth-order valence-electron chi connectivity index (χ4n) is 2.42. The van der Waals surface area contributed by atoms with Crippen LogP contribution in [0.3, 0.4) is 0 Å². The standard InChI is InChI=1S/C12H24N2O3/c1-8(2)14(9(3)4)12(17)7-13-5-10(15)11(16)6-13/h8-11,15-16H,5-7H2,1-4H3. The van der Waals surface area contributed by atoms with Crippen molar-refractivity contribution in [2.45, 2.75) is 52.0 Å². The first kappa shape index (κ1) is 14.4. The molecular formula is C12H24N2O3. The van der Waals surface area contributed by atoms with E-state index in [9.17, 15) is 15.0 Å². The zero-order valence-electron chi connectivity index (χ0n) is 11.1. The molecule has 0 aromatic carbocycles. The highest BCUT2D eigenvalue weighted by molar-refractivity contribution is 5.78. The lowest BCUT2D eigenvalue weighted by atomic mass is 10.2. The maximum Gasteiger partial charge on any atom is 0.237 e. The van der Waals surface area contributed by atoms with Crippen molar-refractivity contribution in [2.75, 3.05) is 19.6 Å². The quantitative estimate of drug-likeness (QED) is 0.711. The number of carbonyl (C=O) groups is 1. The van der Waals surface area contributed by atoms with Crippen molar-refractivity contribution in [1.29, 1.82) is 0 Å². The minimum atomic E-state index is -0.727. The monoisotopic (exact) mass is 244 g/mol. The number of aliphatic hydroxyl groups excluding tert-OH is 2. The van der Waals surface area contributed by atoms with Gasteiger partial charge in [0.25, 0.3) is 0 Å². The van der Waals surface area contributed by atoms with E-state index in [4.69, 9.17) is 0 Å². The SMILES string of the molecule is CC(C)N(C(=O)CN1CC(O)C(O)C1)C(C)C. The van der Waals surface area contributed by atoms with E-state index < -0.39 is 12.2 Å². The predicted octanol–water partition coefficient (Wildman–Crippen LogP) is -0.331. The Kier molecular flexibility index (Phi) is 4.91. The van der Waals surface area contributed by atoms with Gasteiger partial charge in [-0.1, -0.05) is 0 Å². The van der Waals surface area contributed by atoms with Crippen LogP contribution in [0.5, 0.6) is 0 Å². The highest BCUT2D eigenvalue weighted by atomic mass is 16.3. The molecule has 100 valence electrons. The molecule has 17 heavy (non-hydrogen) atoms. The lowest BCUT2D eigenvalue weighted by molar-refractivity contribution is -0.135. The third kappa shape index (κ3) is 3.66. The van der Waals surface area contributed by atoms with Crippen molar-refractivity contribution in [3.8, 4) is 0 Å². The largest absolute Gasteiger partial charge is 0.389 e. The molecule has 0 aromatic rings. The van der Waals surface area contributed by atoms with Gasteiger partial charge in [0.2, 0.25) is 5.91 Å². The Morgan fingerprint density at radius 2 is 1.59 bits per heavy atom. The summed E-state index contributed by atoms with van der Waals surface area (Å²) >= 11 is 0. The van der Waals surface area contributed by atoms with Crippen LogP contribution in [0.2, 0.25) is 0 Å². The minimum absolute atomic E-state index is 0.0521. The number of β-amino-alcohol motifs (C(OH)–C–C–N with tert-alkyl or cyclic N) is 2. The van der Waals surface area contributed by atoms with Gasteiger partial charge in [0.15, 0.2) is 0 Å². The van der Waals surface area contributed by atoms with Crippen molar-refractivity contribution in [2.24, 2.45) is 0 Å². The number of aliphatic hydroxyl groups is 2. The molecule has 0 spiro atoms. The molecule has 1 aliphatic heterocycles. The zero-order valence-corrected chi connectivity index (χ0v) is 11.1. The highest BCUT2D eigenvalue weighted by Gasteiger charge is 2.32. The van der Waals surface area contributed by atoms with Crippen LogP contribution >= 0.6 is 0 Å². The first-order chi connectivity index (χ1) is 7.82. The van der Waals surface area contributed by atoms with Crippen LogP contribution in [0.25, 0.3) is 0 Å². The average Bonchev–Trinajstić information content (AvgIpc) is 2.43. The summed E-state index contributed by atoms with van der Waals surface area (Å²) in [5, 5.41) is 18.8. The van der Waals surface area contributed by atoms with E-state index in [0.29, 0.717) is 13.1 Å². The Hall–Kier alpha value is -0.650. The van der Waals surface area contributed by atoms with Gasteiger partial charge in [-0.05, 0) is 27.7 Å². The molecule has 1 saturated heterocycles. The molecule has 0 aromatic heterocycles. The smallest absolute Gasteiger partial charge is 0.237 e. The third-order valence-electron chi connectivity index (χ3n) is 3.09. The second-order valence-electron chi connectivity index (χ2n) is 5.32. The van der Waals surface area contributed by atoms with Gasteiger partial charge in [0, 0.05) is 25.2 Å². The van der Waals surface area contributed by atoms with Gasteiger partial charge in [-0.2, -0.15) is 0 Å². The normalized spacial score (nSPS) is 25.9. The molecule has 0 aliphatic carbocycles. The van der Waals surface area contributed by atoms with Crippen molar-refractivity contribution in [3.63, 3.8) is 0 Å². The number of nitrogens with zero attached hydrogens (tertiary/aromatic N) is 2. The van der Waals surface area contributed by atoms with E-state index in [1.807, 2.05) is 32.6 Å². The summed E-state index contributed by atoms with van der Waals surface area (Å²) in [6.45, 7) is 8.98. The van der Waals surface area contributed by atoms with Crippen LogP contribution in [-0.2, 0) is 4.79 Å². The molecule has 1 amide bonds. The van der Waals surface area contributed by atoms with E-state index >= 15 is 0 Å². The number of carbonyl (C=O) groups excluding carboxylic acids is 1. The molecular weight excluding hydrogens is 220 g/mol. The second-order valence-corrected chi connectivity index (χ2v) is 5.32. The summed E-state index contributed by atoms with van der Waals surface area (Å²) in [7, 11) is 0. The maximum atomic E-state index is 12.1. The second kappa shape index (κ2) is 5.80. The van der Waals surface area contributed by atoms with Crippen molar-refractivity contribution < 1.29 is 15.0 Å². The number of hydrogen-bond acceptors (Lipinski definition) is 4. The first-order valence-corrected chi connectivity index (χ1v) is 6.22. The molecule has 0 saturated carbocycles. The van der Waals surface area contributed by atoms with E-state index in [1.54, 1.807) is 4.90 Å². The van der Waals surface area contributed by atoms with E-state index in [0.717, 1.165) is 0 Å². The lowest BCUT2D eigenvalue weighted by Crippen LogP contribution is -2.47. The molecule has 1 rings (SSSR count). The van der Waals surface area contributed by atoms with Gasteiger partial charge in [0.1, 0.15) is 0 Å². The summed E-state index contributed by atoms with van der Waals surface area (Å²) in [5.74, 6) is 0.0521. The Bertz CT molecular complexity index is 250. The molecule has 2 N–H and O–H groups in total. The fraction of sp³-hybridized carbons (Fsp3) is 0.917. The van der Waals surface area contributed by atoms with Crippen molar-refractivity contribution in [1.82, 2.24) is 9.80 Å². The first-order valence-electron chi connectivity index (χ1n) is 6.22. The molecule has 1 aliphatic rings. The van der Waals surface area contributed by atoms with Gasteiger partial charge in [-0.25, -0.2) is 0 Å². The zero-order chi connectivity index (χ0) is 13.2. The highest BCUT2D eigenvalue weighted by Crippen LogP contribution is 2.12. The molecule has 1 fully saturated rings. The molecule has 2 unspecified atom stereocenters. The van der Waals surface area contributed by atoms with Gasteiger partial charge in [-0.15, -0.1) is 0 Å². The number of rotatable bonds is 4. The van der Waals surface area contributed by atoms with Crippen LogP contribution in [0.4, 0.5) is 0 Å². The van der Waals surface area contributed by atoms with Gasteiger partial charge >= 0.3 is 0 Å². The van der Waals surface area contributed by atoms with E-state index in [1.165, 1.54) is 0 Å². The third-order valence-corrected chi connectivity index (χ3v) is 3.09. The van der Waals surface area contributed by atoms with Crippen molar-refractivity contribution in [3.05, 3.63) is 0 Å². The molecule has 1 heterocycles. The average molecular weight is 244 g/mol. The summed E-state index contributed by atoms with van der Waals surface area (Å²) in [5.41, 5.74) is 0. The number of hydrogen-bond donors (Lipinski definition) is 2. The van der Waals surface area contributed by atoms with Crippen LogP contribution in [0.15, 0.2) is 0 Å². The Labute approximate surface area is 103 Å². The Morgan fingerprint density at radius 3 is 1.94 bits per heavy atom. The van der Waals surface area contributed by atoms with E-state index in [2.05, 4.69) is 0 Å².